The lowest BCUT2D eigenvalue weighted by atomic mass is 10.3. The number of halogens is 1. The van der Waals surface area contributed by atoms with Crippen LogP contribution in [0.15, 0.2) is 0 Å². The second-order valence-electron chi connectivity index (χ2n) is 3.37. The number of carbonyl (C=O) groups is 1. The lowest BCUT2D eigenvalue weighted by molar-refractivity contribution is -0.904. The zero-order valence-electron chi connectivity index (χ0n) is 7.22. The van der Waals surface area contributed by atoms with Crippen molar-refractivity contribution in [2.75, 3.05) is 39.8 Å². The van der Waals surface area contributed by atoms with Crippen molar-refractivity contribution in [1.29, 1.82) is 0 Å². The molecule has 0 amide bonds. The number of carboxylic acid groups (broad SMARTS) is 1. The maximum absolute atomic E-state index is 10.4. The average molecular weight is 195 g/mol. The summed E-state index contributed by atoms with van der Waals surface area (Å²) in [4.78, 5) is 10.4. The van der Waals surface area contributed by atoms with Gasteiger partial charge in [-0.2, -0.15) is 0 Å². The van der Waals surface area contributed by atoms with E-state index in [0.717, 1.165) is 26.2 Å². The van der Waals surface area contributed by atoms with Crippen LogP contribution in [0.1, 0.15) is 0 Å². The monoisotopic (exact) mass is 194 g/mol. The molecule has 1 fully saturated rings. The molecule has 1 rings (SSSR count). The van der Waals surface area contributed by atoms with Crippen molar-refractivity contribution in [2.45, 2.75) is 0 Å². The van der Waals surface area contributed by atoms with Crippen molar-refractivity contribution in [3.05, 3.63) is 0 Å². The third-order valence-electron chi connectivity index (χ3n) is 2.17. The van der Waals surface area contributed by atoms with E-state index in [-0.39, 0.29) is 19.0 Å². The van der Waals surface area contributed by atoms with Gasteiger partial charge in [-0.1, -0.05) is 0 Å². The molecule has 1 aliphatic heterocycles. The highest BCUT2D eigenvalue weighted by Crippen LogP contribution is 2.03. The predicted molar refractivity (Wildman–Crippen MR) is 41.3 cm³/mol. The lowest BCUT2D eigenvalue weighted by Gasteiger charge is -2.36. The first kappa shape index (κ1) is 11.7. The third kappa shape index (κ3) is 3.38. The van der Waals surface area contributed by atoms with Crippen molar-refractivity contribution < 1.29 is 26.8 Å². The van der Waals surface area contributed by atoms with Crippen LogP contribution in [0.3, 0.4) is 0 Å². The van der Waals surface area contributed by atoms with E-state index in [9.17, 15) is 4.79 Å². The van der Waals surface area contributed by atoms with E-state index in [1.807, 2.05) is 7.05 Å². The molecule has 0 spiro atoms. The van der Waals surface area contributed by atoms with Gasteiger partial charge in [-0.3, -0.25) is 0 Å². The number of nitrogens with one attached hydrogen (secondary N) is 1. The first-order chi connectivity index (χ1) is 5.12. The molecule has 1 aliphatic rings. The maximum Gasteiger partial charge on any atom is 0.359 e. The normalized spacial score (nSPS) is 21.1. The Labute approximate surface area is 78.6 Å². The highest BCUT2D eigenvalue weighted by atomic mass is 35.5. The van der Waals surface area contributed by atoms with E-state index in [0.29, 0.717) is 4.48 Å². The SMILES string of the molecule is C[N+]1(CC(=O)O)CCNCC1.[Cl-]. The summed E-state index contributed by atoms with van der Waals surface area (Å²) in [5.41, 5.74) is 0. The van der Waals surface area contributed by atoms with Crippen LogP contribution >= 0.6 is 0 Å². The number of hydrogen-bond acceptors (Lipinski definition) is 2. The molecule has 1 saturated heterocycles. The topological polar surface area (TPSA) is 49.3 Å². The van der Waals surface area contributed by atoms with Crippen LogP contribution in [0.25, 0.3) is 0 Å². The summed E-state index contributed by atoms with van der Waals surface area (Å²) in [6.07, 6.45) is 0. The zero-order chi connectivity index (χ0) is 8.32. The maximum atomic E-state index is 10.4. The van der Waals surface area contributed by atoms with Gasteiger partial charge in [-0.25, -0.2) is 4.79 Å². The highest BCUT2D eigenvalue weighted by molar-refractivity contribution is 5.67. The minimum absolute atomic E-state index is 0. The molecule has 2 N–H and O–H groups in total. The Kier molecular flexibility index (Phi) is 4.52. The fraction of sp³-hybridized carbons (Fsp3) is 0.857. The number of carboxylic acids is 1. The standard InChI is InChI=1S/C7H14N2O2.ClH/c1-9(6-7(10)11)4-2-8-3-5-9;/h8H,2-6H2,1H3;1H. The molecular formula is C7H15ClN2O2. The summed E-state index contributed by atoms with van der Waals surface area (Å²) in [6, 6.07) is 0. The Hall–Kier alpha value is -0.320. The summed E-state index contributed by atoms with van der Waals surface area (Å²) in [5, 5.41) is 11.8. The highest BCUT2D eigenvalue weighted by Gasteiger charge is 2.26. The molecule has 0 bridgehead atoms. The van der Waals surface area contributed by atoms with Gasteiger partial charge in [0.15, 0.2) is 6.54 Å². The molecule has 4 nitrogen and oxygen atoms in total. The second kappa shape index (κ2) is 4.64. The van der Waals surface area contributed by atoms with Gasteiger partial charge >= 0.3 is 5.97 Å². The van der Waals surface area contributed by atoms with Gasteiger partial charge in [0.1, 0.15) is 0 Å². The van der Waals surface area contributed by atoms with Crippen LogP contribution in [-0.4, -0.2) is 55.3 Å². The number of hydrogen-bond donors (Lipinski definition) is 2. The van der Waals surface area contributed by atoms with E-state index >= 15 is 0 Å². The second-order valence-corrected chi connectivity index (χ2v) is 3.37. The third-order valence-corrected chi connectivity index (χ3v) is 2.17. The zero-order valence-corrected chi connectivity index (χ0v) is 7.97. The molecule has 0 atom stereocenters. The Morgan fingerprint density at radius 2 is 2.00 bits per heavy atom. The first-order valence-corrected chi connectivity index (χ1v) is 3.88. The van der Waals surface area contributed by atoms with Crippen molar-refractivity contribution in [3.63, 3.8) is 0 Å². The lowest BCUT2D eigenvalue weighted by Crippen LogP contribution is -3.00. The number of piperazine rings is 1. The summed E-state index contributed by atoms with van der Waals surface area (Å²) in [6.45, 7) is 3.97. The fourth-order valence-corrected chi connectivity index (χ4v) is 1.42. The van der Waals surface area contributed by atoms with Crippen molar-refractivity contribution in [3.8, 4) is 0 Å². The fourth-order valence-electron chi connectivity index (χ4n) is 1.42. The molecular weight excluding hydrogens is 180 g/mol. The molecule has 0 aromatic carbocycles. The van der Waals surface area contributed by atoms with E-state index in [2.05, 4.69) is 5.32 Å². The van der Waals surface area contributed by atoms with Crippen molar-refractivity contribution >= 4 is 5.97 Å². The predicted octanol–water partition coefficient (Wildman–Crippen LogP) is -3.88. The summed E-state index contributed by atoms with van der Waals surface area (Å²) in [7, 11) is 2.00. The number of likely N-dealkylation sites (N-methyl/N-ethyl adjacent to an activating group) is 1. The van der Waals surface area contributed by atoms with Crippen LogP contribution in [0.5, 0.6) is 0 Å². The van der Waals surface area contributed by atoms with Crippen molar-refractivity contribution in [2.24, 2.45) is 0 Å². The van der Waals surface area contributed by atoms with E-state index < -0.39 is 5.97 Å². The van der Waals surface area contributed by atoms with Crippen LogP contribution in [0, 0.1) is 0 Å². The van der Waals surface area contributed by atoms with Gasteiger partial charge in [0.2, 0.25) is 0 Å². The molecule has 5 heteroatoms. The molecule has 0 saturated carbocycles. The minimum Gasteiger partial charge on any atom is -1.00 e. The number of quaternary nitrogens is 1. The Morgan fingerprint density at radius 1 is 1.50 bits per heavy atom. The van der Waals surface area contributed by atoms with Gasteiger partial charge in [-0.05, 0) is 0 Å². The van der Waals surface area contributed by atoms with Gasteiger partial charge in [0, 0.05) is 13.1 Å². The van der Waals surface area contributed by atoms with Gasteiger partial charge in [0.05, 0.1) is 20.1 Å². The first-order valence-electron chi connectivity index (χ1n) is 3.88. The molecule has 0 radical (unpaired) electrons. The Morgan fingerprint density at radius 3 is 2.42 bits per heavy atom. The molecule has 72 valence electrons. The summed E-state index contributed by atoms with van der Waals surface area (Å²) < 4.78 is 0.669. The molecule has 0 aromatic heterocycles. The number of aliphatic carboxylic acids is 1. The van der Waals surface area contributed by atoms with Gasteiger partial charge < -0.3 is 27.3 Å². The smallest absolute Gasteiger partial charge is 0.359 e. The number of rotatable bonds is 2. The van der Waals surface area contributed by atoms with E-state index in [1.54, 1.807) is 0 Å². The number of nitrogens with zero attached hydrogens (tertiary/aromatic N) is 1. The summed E-state index contributed by atoms with van der Waals surface area (Å²) in [5.74, 6) is -0.700. The van der Waals surface area contributed by atoms with E-state index in [1.165, 1.54) is 0 Å². The molecule has 0 unspecified atom stereocenters. The van der Waals surface area contributed by atoms with Crippen LogP contribution in [-0.2, 0) is 4.79 Å². The molecule has 1 heterocycles. The van der Waals surface area contributed by atoms with Gasteiger partial charge in [0.25, 0.3) is 0 Å². The quantitative estimate of drug-likeness (QED) is 0.443. The van der Waals surface area contributed by atoms with Crippen LogP contribution < -0.4 is 17.7 Å². The Bertz CT molecular complexity index is 157. The van der Waals surface area contributed by atoms with E-state index in [4.69, 9.17) is 5.11 Å². The van der Waals surface area contributed by atoms with Crippen LogP contribution in [0.2, 0.25) is 0 Å². The molecule has 0 aromatic rings. The minimum atomic E-state index is -0.700. The van der Waals surface area contributed by atoms with Gasteiger partial charge in [-0.15, -0.1) is 0 Å². The summed E-state index contributed by atoms with van der Waals surface area (Å²) >= 11 is 0. The van der Waals surface area contributed by atoms with Crippen LogP contribution in [0.4, 0.5) is 0 Å². The Balaban J connectivity index is 0.00000121. The largest absolute Gasteiger partial charge is 1.00 e. The molecule has 0 aliphatic carbocycles. The molecule has 12 heavy (non-hydrogen) atoms. The van der Waals surface area contributed by atoms with Crippen molar-refractivity contribution in [1.82, 2.24) is 5.32 Å². The average Bonchev–Trinajstić information content (AvgIpc) is 1.85.